The van der Waals surface area contributed by atoms with Crippen molar-refractivity contribution in [2.45, 2.75) is 57.7 Å². The molecular formula is C26H34FN5O3. The lowest BCUT2D eigenvalue weighted by atomic mass is 9.72. The first-order valence-electron chi connectivity index (χ1n) is 12.5. The molecule has 2 saturated heterocycles. The van der Waals surface area contributed by atoms with E-state index in [4.69, 9.17) is 4.74 Å². The fourth-order valence-corrected chi connectivity index (χ4v) is 5.57. The molecule has 2 aromatic rings. The van der Waals surface area contributed by atoms with Crippen LogP contribution in [-0.2, 0) is 0 Å². The molecule has 1 amide bonds. The van der Waals surface area contributed by atoms with Gasteiger partial charge < -0.3 is 24.5 Å². The topological polar surface area (TPSA) is 82.0 Å². The van der Waals surface area contributed by atoms with Gasteiger partial charge in [-0.1, -0.05) is 0 Å². The highest BCUT2D eigenvalue weighted by molar-refractivity contribution is 5.97. The molecule has 188 valence electrons. The van der Waals surface area contributed by atoms with Crippen molar-refractivity contribution in [3.05, 3.63) is 42.1 Å². The van der Waals surface area contributed by atoms with Gasteiger partial charge in [-0.25, -0.2) is 14.4 Å². The lowest BCUT2D eigenvalue weighted by Crippen LogP contribution is -2.60. The largest absolute Gasteiger partial charge is 0.451 e. The van der Waals surface area contributed by atoms with Crippen molar-refractivity contribution in [1.29, 1.82) is 0 Å². The van der Waals surface area contributed by atoms with E-state index in [1.807, 2.05) is 13.8 Å². The molecule has 0 bridgehead atoms. The van der Waals surface area contributed by atoms with Crippen LogP contribution in [0.3, 0.4) is 0 Å². The summed E-state index contributed by atoms with van der Waals surface area (Å²) >= 11 is 0. The molecule has 1 spiro atoms. The number of carbonyl (C=O) groups excluding carboxylic acids is 1. The standard InChI is InChI=1S/C26H34FN5O3/c1-17(2)32(19-11-20(33)12-19)25(34)21-10-18(27)4-5-22(21)35-23-13-28-16-29-24(23)31-14-26(15-31)6-8-30(3)9-7-26/h4-5,10,13,16-17,19-20,33H,6-9,11-12,14-15H2,1-3H3. The minimum absolute atomic E-state index is 0.0731. The van der Waals surface area contributed by atoms with Crippen molar-refractivity contribution in [1.82, 2.24) is 19.8 Å². The van der Waals surface area contributed by atoms with Gasteiger partial charge in [0.2, 0.25) is 0 Å². The third kappa shape index (κ3) is 4.71. The summed E-state index contributed by atoms with van der Waals surface area (Å²) in [6.45, 7) is 7.88. The molecule has 0 radical (unpaired) electrons. The van der Waals surface area contributed by atoms with Crippen LogP contribution in [0.2, 0.25) is 0 Å². The molecule has 2 aliphatic heterocycles. The van der Waals surface area contributed by atoms with Crippen LogP contribution in [0.15, 0.2) is 30.7 Å². The van der Waals surface area contributed by atoms with E-state index in [2.05, 4.69) is 26.8 Å². The molecule has 3 heterocycles. The maximum Gasteiger partial charge on any atom is 0.258 e. The summed E-state index contributed by atoms with van der Waals surface area (Å²) in [6.07, 6.45) is 6.09. The molecule has 1 N–H and O–H groups in total. The molecule has 0 atom stereocenters. The Morgan fingerprint density at radius 3 is 2.60 bits per heavy atom. The van der Waals surface area contributed by atoms with Crippen molar-refractivity contribution >= 4 is 11.7 Å². The Kier molecular flexibility index (Phi) is 6.40. The van der Waals surface area contributed by atoms with Crippen molar-refractivity contribution in [2.24, 2.45) is 5.41 Å². The Balaban J connectivity index is 1.38. The van der Waals surface area contributed by atoms with Crippen LogP contribution in [0.25, 0.3) is 0 Å². The molecule has 35 heavy (non-hydrogen) atoms. The lowest BCUT2D eigenvalue weighted by Gasteiger charge is -2.54. The van der Waals surface area contributed by atoms with Crippen LogP contribution >= 0.6 is 0 Å². The van der Waals surface area contributed by atoms with E-state index >= 15 is 0 Å². The second kappa shape index (κ2) is 9.35. The molecule has 3 fully saturated rings. The van der Waals surface area contributed by atoms with Crippen molar-refractivity contribution in [3.8, 4) is 11.5 Å². The second-order valence-corrected chi connectivity index (χ2v) is 10.7. The number of piperidine rings is 1. The van der Waals surface area contributed by atoms with Crippen molar-refractivity contribution in [3.63, 3.8) is 0 Å². The predicted octanol–water partition coefficient (Wildman–Crippen LogP) is 3.31. The maximum atomic E-state index is 14.3. The number of benzene rings is 1. The minimum Gasteiger partial charge on any atom is -0.451 e. The van der Waals surface area contributed by atoms with Gasteiger partial charge in [-0.05, 0) is 77.9 Å². The Bertz CT molecular complexity index is 1070. The number of aliphatic hydroxyl groups is 1. The van der Waals surface area contributed by atoms with Gasteiger partial charge >= 0.3 is 0 Å². The molecule has 3 aliphatic rings. The number of rotatable bonds is 6. The summed E-state index contributed by atoms with van der Waals surface area (Å²) in [5.74, 6) is 0.599. The first kappa shape index (κ1) is 23.9. The molecule has 0 unspecified atom stereocenters. The van der Waals surface area contributed by atoms with Gasteiger partial charge in [0.25, 0.3) is 5.91 Å². The molecule has 9 heteroatoms. The summed E-state index contributed by atoms with van der Waals surface area (Å²) < 4.78 is 20.5. The van der Waals surface area contributed by atoms with E-state index in [1.165, 1.54) is 37.4 Å². The van der Waals surface area contributed by atoms with E-state index in [0.29, 0.717) is 29.8 Å². The van der Waals surface area contributed by atoms with E-state index < -0.39 is 11.9 Å². The number of likely N-dealkylation sites (tertiary alicyclic amines) is 1. The lowest BCUT2D eigenvalue weighted by molar-refractivity contribution is -0.00469. The number of halogens is 1. The number of aromatic nitrogens is 2. The fourth-order valence-electron chi connectivity index (χ4n) is 5.57. The number of ether oxygens (including phenoxy) is 1. The van der Waals surface area contributed by atoms with Gasteiger partial charge in [0.1, 0.15) is 17.9 Å². The molecule has 1 aromatic carbocycles. The molecule has 8 nitrogen and oxygen atoms in total. The Hall–Kier alpha value is -2.78. The van der Waals surface area contributed by atoms with Gasteiger partial charge in [-0.15, -0.1) is 0 Å². The molecular weight excluding hydrogens is 449 g/mol. The number of amides is 1. The van der Waals surface area contributed by atoms with Crippen molar-refractivity contribution < 1.29 is 19.0 Å². The first-order valence-corrected chi connectivity index (χ1v) is 12.5. The summed E-state index contributed by atoms with van der Waals surface area (Å²) in [5, 5.41) is 9.77. The smallest absolute Gasteiger partial charge is 0.258 e. The number of hydrogen-bond acceptors (Lipinski definition) is 7. The average molecular weight is 484 g/mol. The highest BCUT2D eigenvalue weighted by Gasteiger charge is 2.45. The van der Waals surface area contributed by atoms with Crippen LogP contribution in [-0.4, -0.2) is 82.2 Å². The minimum atomic E-state index is -0.505. The van der Waals surface area contributed by atoms with Gasteiger partial charge in [0, 0.05) is 30.6 Å². The highest BCUT2D eigenvalue weighted by Crippen LogP contribution is 2.44. The summed E-state index contributed by atoms with van der Waals surface area (Å²) in [5.41, 5.74) is 0.474. The number of hydrogen-bond donors (Lipinski definition) is 1. The summed E-state index contributed by atoms with van der Waals surface area (Å²) in [7, 11) is 2.16. The van der Waals surface area contributed by atoms with E-state index in [-0.39, 0.29) is 29.3 Å². The number of nitrogens with zero attached hydrogens (tertiary/aromatic N) is 5. The van der Waals surface area contributed by atoms with Gasteiger partial charge in [0.15, 0.2) is 11.6 Å². The monoisotopic (exact) mass is 483 g/mol. The van der Waals surface area contributed by atoms with Gasteiger partial charge in [0.05, 0.1) is 17.9 Å². The zero-order chi connectivity index (χ0) is 24.7. The van der Waals surface area contributed by atoms with E-state index in [1.54, 1.807) is 11.1 Å². The van der Waals surface area contributed by atoms with Crippen LogP contribution in [0.1, 0.15) is 49.9 Å². The average Bonchev–Trinajstić information content (AvgIpc) is 2.79. The van der Waals surface area contributed by atoms with Gasteiger partial charge in [-0.3, -0.25) is 4.79 Å². The third-order valence-corrected chi connectivity index (χ3v) is 7.72. The van der Waals surface area contributed by atoms with Crippen LogP contribution in [0.5, 0.6) is 11.5 Å². The number of carbonyl (C=O) groups is 1. The van der Waals surface area contributed by atoms with Crippen LogP contribution in [0.4, 0.5) is 10.2 Å². The molecule has 1 aromatic heterocycles. The molecule has 5 rings (SSSR count). The molecule has 1 saturated carbocycles. The number of aliphatic hydroxyl groups excluding tert-OH is 1. The zero-order valence-electron chi connectivity index (χ0n) is 20.7. The Morgan fingerprint density at radius 2 is 1.94 bits per heavy atom. The SMILES string of the molecule is CC(C)N(C(=O)c1cc(F)ccc1Oc1cncnc1N1CC2(CCN(C)CC2)C1)C1CC(O)C1. The summed E-state index contributed by atoms with van der Waals surface area (Å²) in [6, 6.07) is 3.83. The quantitative estimate of drug-likeness (QED) is 0.675. The predicted molar refractivity (Wildman–Crippen MR) is 130 cm³/mol. The summed E-state index contributed by atoms with van der Waals surface area (Å²) in [4.78, 5) is 28.5. The second-order valence-electron chi connectivity index (χ2n) is 10.7. The highest BCUT2D eigenvalue weighted by atomic mass is 19.1. The zero-order valence-corrected chi connectivity index (χ0v) is 20.7. The van der Waals surface area contributed by atoms with Crippen LogP contribution in [0, 0.1) is 11.2 Å². The van der Waals surface area contributed by atoms with Gasteiger partial charge in [-0.2, -0.15) is 0 Å². The first-order chi connectivity index (χ1) is 16.7. The van der Waals surface area contributed by atoms with Crippen LogP contribution < -0.4 is 9.64 Å². The third-order valence-electron chi connectivity index (χ3n) is 7.72. The maximum absolute atomic E-state index is 14.3. The normalized spacial score (nSPS) is 23.7. The number of anilines is 1. The Labute approximate surface area is 205 Å². The fraction of sp³-hybridized carbons (Fsp3) is 0.577. The Morgan fingerprint density at radius 1 is 1.23 bits per heavy atom. The van der Waals surface area contributed by atoms with E-state index in [0.717, 1.165) is 26.2 Å². The van der Waals surface area contributed by atoms with Crippen molar-refractivity contribution in [2.75, 3.05) is 38.1 Å². The molecule has 1 aliphatic carbocycles. The van der Waals surface area contributed by atoms with E-state index in [9.17, 15) is 14.3 Å².